The highest BCUT2D eigenvalue weighted by Crippen LogP contribution is 2.18. The highest BCUT2D eigenvalue weighted by molar-refractivity contribution is 5.25. The maximum atomic E-state index is 12.2. The van der Waals surface area contributed by atoms with E-state index in [-0.39, 0.29) is 11.5 Å². The summed E-state index contributed by atoms with van der Waals surface area (Å²) in [4.78, 5) is 17.7. The molecule has 0 saturated carbocycles. The molecule has 17 heavy (non-hydrogen) atoms. The Kier molecular flexibility index (Phi) is 3.64. The van der Waals surface area contributed by atoms with E-state index in [1.807, 2.05) is 20.0 Å². The minimum Gasteiger partial charge on any atom is -0.379 e. The van der Waals surface area contributed by atoms with Gasteiger partial charge in [-0.3, -0.25) is 9.69 Å². The molecule has 2 heterocycles. The topological polar surface area (TPSA) is 45.3 Å². The molecule has 4 nitrogen and oxygen atoms in total. The second-order valence-electron chi connectivity index (χ2n) is 4.65. The molecule has 0 radical (unpaired) electrons. The Morgan fingerprint density at radius 3 is 2.65 bits per heavy atom. The maximum Gasteiger partial charge on any atom is 0.189 e. The van der Waals surface area contributed by atoms with Gasteiger partial charge in [-0.15, -0.1) is 0 Å². The van der Waals surface area contributed by atoms with Gasteiger partial charge in [-0.25, -0.2) is 0 Å². The number of aromatic nitrogens is 1. The second kappa shape index (κ2) is 5.02. The molecule has 1 aliphatic rings. The zero-order valence-electron chi connectivity index (χ0n) is 10.7. The molecule has 0 aromatic carbocycles. The molecule has 1 saturated heterocycles. The van der Waals surface area contributed by atoms with Gasteiger partial charge in [0, 0.05) is 42.1 Å². The number of morpholine rings is 1. The van der Waals surface area contributed by atoms with Crippen LogP contribution in [0.15, 0.2) is 11.0 Å². The zero-order valence-corrected chi connectivity index (χ0v) is 10.7. The van der Waals surface area contributed by atoms with Crippen LogP contribution in [-0.4, -0.2) is 36.2 Å². The third-order valence-corrected chi connectivity index (χ3v) is 3.65. The van der Waals surface area contributed by atoms with Crippen molar-refractivity contribution in [3.8, 4) is 0 Å². The Morgan fingerprint density at radius 1 is 1.35 bits per heavy atom. The van der Waals surface area contributed by atoms with Crippen molar-refractivity contribution in [3.05, 3.63) is 33.2 Å². The number of aromatic amines is 1. The first-order valence-electron chi connectivity index (χ1n) is 6.12. The fourth-order valence-corrected chi connectivity index (χ4v) is 2.22. The minimum absolute atomic E-state index is 0.155. The quantitative estimate of drug-likeness (QED) is 0.844. The molecule has 0 spiro atoms. The summed E-state index contributed by atoms with van der Waals surface area (Å²) in [5, 5.41) is 0. The number of pyridine rings is 1. The molecule has 1 unspecified atom stereocenters. The van der Waals surface area contributed by atoms with E-state index in [4.69, 9.17) is 4.74 Å². The molecular weight excluding hydrogens is 216 g/mol. The summed E-state index contributed by atoms with van der Waals surface area (Å²) >= 11 is 0. The average Bonchev–Trinajstić information content (AvgIpc) is 2.36. The number of rotatable bonds is 2. The lowest BCUT2D eigenvalue weighted by Crippen LogP contribution is -2.39. The monoisotopic (exact) mass is 236 g/mol. The highest BCUT2D eigenvalue weighted by atomic mass is 16.5. The first-order chi connectivity index (χ1) is 8.11. The van der Waals surface area contributed by atoms with Gasteiger partial charge in [0.25, 0.3) is 0 Å². The molecule has 1 N–H and O–H groups in total. The van der Waals surface area contributed by atoms with Crippen molar-refractivity contribution in [2.24, 2.45) is 0 Å². The van der Waals surface area contributed by atoms with E-state index in [9.17, 15) is 4.79 Å². The van der Waals surface area contributed by atoms with Crippen LogP contribution in [0.1, 0.15) is 29.8 Å². The number of ether oxygens (including phenoxy) is 1. The van der Waals surface area contributed by atoms with Crippen LogP contribution in [0.2, 0.25) is 0 Å². The molecule has 0 bridgehead atoms. The lowest BCUT2D eigenvalue weighted by Gasteiger charge is -2.32. The summed E-state index contributed by atoms with van der Waals surface area (Å²) in [5.41, 5.74) is 2.80. The fraction of sp³-hybridized carbons (Fsp3) is 0.615. The predicted octanol–water partition coefficient (Wildman–Crippen LogP) is 1.38. The standard InChI is InChI=1S/C13H20N2O2/c1-9-10(2)14-8-12(13(9)16)11(3)15-4-6-17-7-5-15/h8,11H,4-7H2,1-3H3,(H,14,16). The lowest BCUT2D eigenvalue weighted by atomic mass is 10.0. The van der Waals surface area contributed by atoms with Gasteiger partial charge in [-0.2, -0.15) is 0 Å². The fourth-order valence-electron chi connectivity index (χ4n) is 2.22. The molecule has 0 amide bonds. The molecule has 1 aromatic heterocycles. The molecule has 94 valence electrons. The van der Waals surface area contributed by atoms with Gasteiger partial charge < -0.3 is 9.72 Å². The van der Waals surface area contributed by atoms with E-state index in [1.165, 1.54) is 0 Å². The summed E-state index contributed by atoms with van der Waals surface area (Å²) in [6.07, 6.45) is 1.85. The molecule has 0 aliphatic carbocycles. The van der Waals surface area contributed by atoms with Gasteiger partial charge >= 0.3 is 0 Å². The largest absolute Gasteiger partial charge is 0.379 e. The van der Waals surface area contributed by atoms with Gasteiger partial charge in [0.2, 0.25) is 0 Å². The van der Waals surface area contributed by atoms with Crippen molar-refractivity contribution < 1.29 is 4.74 Å². The number of nitrogens with zero attached hydrogens (tertiary/aromatic N) is 1. The van der Waals surface area contributed by atoms with Crippen molar-refractivity contribution in [2.75, 3.05) is 26.3 Å². The Bertz CT molecular complexity index is 447. The van der Waals surface area contributed by atoms with Crippen molar-refractivity contribution >= 4 is 0 Å². The van der Waals surface area contributed by atoms with Gasteiger partial charge in [0.15, 0.2) is 5.43 Å². The third kappa shape index (κ3) is 2.42. The maximum absolute atomic E-state index is 12.2. The van der Waals surface area contributed by atoms with E-state index < -0.39 is 0 Å². The number of aryl methyl sites for hydroxylation is 1. The van der Waals surface area contributed by atoms with Crippen LogP contribution in [-0.2, 0) is 4.74 Å². The smallest absolute Gasteiger partial charge is 0.189 e. The van der Waals surface area contributed by atoms with E-state index in [1.54, 1.807) is 0 Å². The zero-order chi connectivity index (χ0) is 12.4. The van der Waals surface area contributed by atoms with Crippen LogP contribution in [0.25, 0.3) is 0 Å². The number of nitrogens with one attached hydrogen (secondary N) is 1. The third-order valence-electron chi connectivity index (χ3n) is 3.65. The van der Waals surface area contributed by atoms with Crippen molar-refractivity contribution in [1.29, 1.82) is 0 Å². The minimum atomic E-state index is 0.155. The Labute approximate surface area is 102 Å². The van der Waals surface area contributed by atoms with Crippen LogP contribution in [0, 0.1) is 13.8 Å². The Balaban J connectivity index is 2.27. The van der Waals surface area contributed by atoms with Gasteiger partial charge in [0.05, 0.1) is 13.2 Å². The van der Waals surface area contributed by atoms with E-state index in [2.05, 4.69) is 16.8 Å². The molecular formula is C13H20N2O2. The summed E-state index contributed by atoms with van der Waals surface area (Å²) in [6, 6.07) is 0.155. The van der Waals surface area contributed by atoms with Crippen LogP contribution >= 0.6 is 0 Å². The molecule has 2 rings (SSSR count). The van der Waals surface area contributed by atoms with Crippen LogP contribution < -0.4 is 5.43 Å². The first kappa shape index (κ1) is 12.3. The predicted molar refractivity (Wildman–Crippen MR) is 67.3 cm³/mol. The molecule has 1 aliphatic heterocycles. The van der Waals surface area contributed by atoms with E-state index in [0.717, 1.165) is 43.1 Å². The second-order valence-corrected chi connectivity index (χ2v) is 4.65. The van der Waals surface area contributed by atoms with Crippen molar-refractivity contribution in [3.63, 3.8) is 0 Å². The average molecular weight is 236 g/mol. The van der Waals surface area contributed by atoms with Crippen molar-refractivity contribution in [2.45, 2.75) is 26.8 Å². The normalized spacial score (nSPS) is 19.2. The lowest BCUT2D eigenvalue weighted by molar-refractivity contribution is 0.0196. The van der Waals surface area contributed by atoms with E-state index >= 15 is 0 Å². The molecule has 1 atom stereocenters. The summed E-state index contributed by atoms with van der Waals surface area (Å²) in [6.45, 7) is 9.20. The van der Waals surface area contributed by atoms with Gasteiger partial charge in [-0.1, -0.05) is 0 Å². The number of hydrogen-bond donors (Lipinski definition) is 1. The molecule has 1 fully saturated rings. The summed E-state index contributed by atoms with van der Waals surface area (Å²) < 4.78 is 5.33. The van der Waals surface area contributed by atoms with Crippen LogP contribution in [0.4, 0.5) is 0 Å². The highest BCUT2D eigenvalue weighted by Gasteiger charge is 2.21. The SMILES string of the molecule is Cc1[nH]cc(C(C)N2CCOCC2)c(=O)c1C. The Hall–Kier alpha value is -1.13. The van der Waals surface area contributed by atoms with E-state index in [0.29, 0.717) is 0 Å². The molecule has 1 aromatic rings. The Morgan fingerprint density at radius 2 is 2.00 bits per heavy atom. The summed E-state index contributed by atoms with van der Waals surface area (Å²) in [5.74, 6) is 0. The van der Waals surface area contributed by atoms with Crippen molar-refractivity contribution in [1.82, 2.24) is 9.88 Å². The summed E-state index contributed by atoms with van der Waals surface area (Å²) in [7, 11) is 0. The van der Waals surface area contributed by atoms with Gasteiger partial charge in [0.1, 0.15) is 0 Å². The first-order valence-corrected chi connectivity index (χ1v) is 6.12. The number of hydrogen-bond acceptors (Lipinski definition) is 3. The van der Waals surface area contributed by atoms with Crippen LogP contribution in [0.5, 0.6) is 0 Å². The van der Waals surface area contributed by atoms with Crippen LogP contribution in [0.3, 0.4) is 0 Å². The van der Waals surface area contributed by atoms with Gasteiger partial charge in [-0.05, 0) is 20.8 Å². The molecule has 4 heteroatoms. The number of H-pyrrole nitrogens is 1.